The van der Waals surface area contributed by atoms with Crippen LogP contribution in [0.2, 0.25) is 0 Å². The van der Waals surface area contributed by atoms with E-state index in [1.54, 1.807) is 27.4 Å². The lowest BCUT2D eigenvalue weighted by molar-refractivity contribution is 0.220. The van der Waals surface area contributed by atoms with Crippen LogP contribution >= 0.6 is 12.4 Å². The number of nitrogens with zero attached hydrogens (tertiary/aromatic N) is 2. The second-order valence-corrected chi connectivity index (χ2v) is 12.4. The average Bonchev–Trinajstić information content (AvgIpc) is 3.05. The molecule has 0 amide bonds. The van der Waals surface area contributed by atoms with Crippen LogP contribution in [0.15, 0.2) is 54.6 Å². The number of halogens is 1. The topological polar surface area (TPSA) is 83.9 Å². The summed E-state index contributed by atoms with van der Waals surface area (Å²) >= 11 is 0. The van der Waals surface area contributed by atoms with Crippen molar-refractivity contribution < 1.29 is 29.2 Å². The van der Waals surface area contributed by atoms with E-state index < -0.39 is 0 Å². The van der Waals surface area contributed by atoms with Gasteiger partial charge in [-0.1, -0.05) is 12.1 Å². The van der Waals surface area contributed by atoms with Crippen molar-refractivity contribution in [1.82, 2.24) is 9.80 Å². The quantitative estimate of drug-likeness (QED) is 0.250. The van der Waals surface area contributed by atoms with Gasteiger partial charge in [0, 0.05) is 41.9 Å². The van der Waals surface area contributed by atoms with Gasteiger partial charge in [-0.15, -0.1) is 12.4 Å². The first-order chi connectivity index (χ1) is 21.8. The molecule has 4 aromatic rings. The monoisotopic (exact) mass is 644 g/mol. The molecule has 2 atom stereocenters. The number of aromatic hydroxyl groups is 2. The van der Waals surface area contributed by atoms with Crippen molar-refractivity contribution >= 4 is 12.4 Å². The van der Waals surface area contributed by atoms with Crippen LogP contribution in [0.4, 0.5) is 0 Å². The van der Waals surface area contributed by atoms with Crippen LogP contribution in [0.1, 0.15) is 45.5 Å². The van der Waals surface area contributed by atoms with E-state index in [-0.39, 0.29) is 36.0 Å². The number of methoxy groups -OCH3 is 3. The number of rotatable bonds is 3. The molecule has 0 radical (unpaired) electrons. The van der Waals surface area contributed by atoms with Crippen molar-refractivity contribution in [1.29, 1.82) is 0 Å². The molecule has 46 heavy (non-hydrogen) atoms. The lowest BCUT2D eigenvalue weighted by atomic mass is 9.86. The van der Waals surface area contributed by atoms with Crippen LogP contribution in [0.25, 0.3) is 11.1 Å². The van der Waals surface area contributed by atoms with Crippen LogP contribution in [0.5, 0.6) is 40.2 Å². The highest BCUT2D eigenvalue weighted by Crippen LogP contribution is 2.51. The molecule has 8 nitrogen and oxygen atoms in total. The summed E-state index contributed by atoms with van der Waals surface area (Å²) in [5.74, 6) is 2.85. The zero-order valence-corrected chi connectivity index (χ0v) is 27.7. The number of phenolic OH excluding ortho intramolecular Hbond substituents is 2. The first-order valence-electron chi connectivity index (χ1n) is 15.5. The third-order valence-corrected chi connectivity index (χ3v) is 9.90. The molecule has 0 fully saturated rings. The van der Waals surface area contributed by atoms with Gasteiger partial charge < -0.3 is 29.2 Å². The SMILES string of the molecule is COc1cc2c3cc1Oc1c(O)c(OC)cc4c1[C@H](Cc1ccc(OC)c(c1)-c1cc(ccc1O)C[C@H]3N(C)CC2)N(C)CC4.Cl. The van der Waals surface area contributed by atoms with Crippen molar-refractivity contribution in [3.8, 4) is 51.4 Å². The Balaban J connectivity index is 0.00000372. The van der Waals surface area contributed by atoms with Gasteiger partial charge in [0.05, 0.1) is 21.3 Å². The highest BCUT2D eigenvalue weighted by molar-refractivity contribution is 5.85. The molecular weight excluding hydrogens is 604 g/mol. The largest absolute Gasteiger partial charge is 0.507 e. The molecule has 0 spiro atoms. The van der Waals surface area contributed by atoms with Crippen LogP contribution in [-0.2, 0) is 25.7 Å². The Hall–Kier alpha value is -4.11. The van der Waals surface area contributed by atoms with E-state index in [9.17, 15) is 10.2 Å². The van der Waals surface area contributed by atoms with E-state index in [1.807, 2.05) is 18.2 Å². The fourth-order valence-corrected chi connectivity index (χ4v) is 7.37. The van der Waals surface area contributed by atoms with E-state index in [0.717, 1.165) is 71.3 Å². The molecule has 3 aliphatic rings. The minimum absolute atomic E-state index is 0. The predicted molar refractivity (Wildman–Crippen MR) is 181 cm³/mol. The molecule has 0 saturated carbocycles. The normalized spacial score (nSPS) is 18.9. The second kappa shape index (κ2) is 12.6. The van der Waals surface area contributed by atoms with Gasteiger partial charge in [-0.25, -0.2) is 0 Å². The zero-order valence-electron chi connectivity index (χ0n) is 26.9. The number of fused-ring (bicyclic) bond motifs is 6. The van der Waals surface area contributed by atoms with Crippen molar-refractivity contribution in [2.45, 2.75) is 37.8 Å². The van der Waals surface area contributed by atoms with Gasteiger partial charge in [0.15, 0.2) is 23.0 Å². The van der Waals surface area contributed by atoms with Gasteiger partial charge in [-0.05, 0) is 110 Å². The highest BCUT2D eigenvalue weighted by Gasteiger charge is 2.34. The van der Waals surface area contributed by atoms with E-state index in [1.165, 1.54) is 5.56 Å². The average molecular weight is 645 g/mol. The first-order valence-corrected chi connectivity index (χ1v) is 15.5. The molecule has 6 bridgehead atoms. The van der Waals surface area contributed by atoms with Gasteiger partial charge in [0.2, 0.25) is 5.75 Å². The van der Waals surface area contributed by atoms with Gasteiger partial charge in [-0.2, -0.15) is 0 Å². The molecule has 7 rings (SSSR count). The van der Waals surface area contributed by atoms with Crippen LogP contribution in [0.3, 0.4) is 0 Å². The fourth-order valence-electron chi connectivity index (χ4n) is 7.37. The predicted octanol–water partition coefficient (Wildman–Crippen LogP) is 6.86. The Morgan fingerprint density at radius 1 is 0.696 bits per heavy atom. The number of phenols is 2. The summed E-state index contributed by atoms with van der Waals surface area (Å²) in [7, 11) is 9.14. The Bertz CT molecular complexity index is 1790. The summed E-state index contributed by atoms with van der Waals surface area (Å²) in [5.41, 5.74) is 8.16. The molecule has 0 unspecified atom stereocenters. The number of hydrogen-bond acceptors (Lipinski definition) is 8. The first kappa shape index (κ1) is 31.9. The fraction of sp³-hybridized carbons (Fsp3) is 0.351. The summed E-state index contributed by atoms with van der Waals surface area (Å²) in [6.07, 6.45) is 3.06. The minimum Gasteiger partial charge on any atom is -0.507 e. The highest BCUT2D eigenvalue weighted by atomic mass is 35.5. The maximum absolute atomic E-state index is 11.6. The maximum atomic E-state index is 11.6. The van der Waals surface area contributed by atoms with Crippen LogP contribution < -0.4 is 18.9 Å². The minimum atomic E-state index is -0.0999. The number of ether oxygens (including phenoxy) is 4. The van der Waals surface area contributed by atoms with Crippen molar-refractivity contribution in [3.05, 3.63) is 88.0 Å². The van der Waals surface area contributed by atoms with E-state index in [4.69, 9.17) is 18.9 Å². The summed E-state index contributed by atoms with van der Waals surface area (Å²) in [6, 6.07) is 18.1. The Labute approximate surface area is 276 Å². The van der Waals surface area contributed by atoms with Crippen LogP contribution in [0, 0.1) is 0 Å². The lowest BCUT2D eigenvalue weighted by Gasteiger charge is -2.37. The zero-order chi connectivity index (χ0) is 31.4. The smallest absolute Gasteiger partial charge is 0.201 e. The third-order valence-electron chi connectivity index (χ3n) is 9.90. The third kappa shape index (κ3) is 5.38. The second-order valence-electron chi connectivity index (χ2n) is 12.4. The van der Waals surface area contributed by atoms with Gasteiger partial charge in [0.1, 0.15) is 11.5 Å². The van der Waals surface area contributed by atoms with E-state index in [2.05, 4.69) is 54.2 Å². The molecule has 4 aromatic carbocycles. The summed E-state index contributed by atoms with van der Waals surface area (Å²) in [4.78, 5) is 4.67. The molecular formula is C37H41ClN2O6. The molecule has 3 aliphatic heterocycles. The molecule has 0 aromatic heterocycles. The molecule has 2 N–H and O–H groups in total. The number of likely N-dealkylation sites (N-methyl/N-ethyl adjacent to an activating group) is 2. The van der Waals surface area contributed by atoms with Gasteiger partial charge in [0.25, 0.3) is 0 Å². The number of benzene rings is 4. The van der Waals surface area contributed by atoms with Crippen molar-refractivity contribution in [2.24, 2.45) is 0 Å². The molecule has 0 saturated heterocycles. The molecule has 0 aliphatic carbocycles. The standard InChI is InChI=1S/C37H40N2O6.ClH/c1-38-12-10-23-18-32(43-4)33-20-25(23)28(38)16-21-6-8-30(40)26(14-21)27-15-22(7-9-31(27)42-3)17-29-35-24(11-13-39(29)2)19-34(44-5)36(41)37(35)45-33;/h6-9,14-15,18-20,28-29,40-41H,10-13,16-17H2,1-5H3;1H/t28-,29+;/m1./s1. The number of hydrogen-bond donors (Lipinski definition) is 2. The Morgan fingerprint density at radius 2 is 1.30 bits per heavy atom. The summed E-state index contributed by atoms with van der Waals surface area (Å²) < 4.78 is 24.1. The molecule has 3 heterocycles. The lowest BCUT2D eigenvalue weighted by Crippen LogP contribution is -2.34. The Kier molecular flexibility index (Phi) is 8.72. The summed E-state index contributed by atoms with van der Waals surface area (Å²) in [5, 5.41) is 22.8. The summed E-state index contributed by atoms with van der Waals surface area (Å²) in [6.45, 7) is 1.74. The Morgan fingerprint density at radius 3 is 2.02 bits per heavy atom. The van der Waals surface area contributed by atoms with Gasteiger partial charge in [-0.3, -0.25) is 9.80 Å². The molecule has 242 valence electrons. The van der Waals surface area contributed by atoms with Crippen molar-refractivity contribution in [3.63, 3.8) is 0 Å². The van der Waals surface area contributed by atoms with E-state index >= 15 is 0 Å². The molecule has 9 heteroatoms. The van der Waals surface area contributed by atoms with Crippen molar-refractivity contribution in [2.75, 3.05) is 48.5 Å². The van der Waals surface area contributed by atoms with Crippen LogP contribution in [-0.4, -0.2) is 68.5 Å². The van der Waals surface area contributed by atoms with Gasteiger partial charge >= 0.3 is 0 Å². The maximum Gasteiger partial charge on any atom is 0.201 e. The van der Waals surface area contributed by atoms with E-state index in [0.29, 0.717) is 35.2 Å².